The van der Waals surface area contributed by atoms with Gasteiger partial charge in [0.05, 0.1) is 7.11 Å². The van der Waals surface area contributed by atoms with E-state index in [1.165, 1.54) is 7.11 Å². The van der Waals surface area contributed by atoms with Crippen molar-refractivity contribution in [2.75, 3.05) is 20.3 Å². The van der Waals surface area contributed by atoms with Gasteiger partial charge in [-0.1, -0.05) is 0 Å². The molecule has 0 N–H and O–H groups in total. The average molecular weight is 406 g/mol. The Kier molecular flexibility index (Phi) is 5.71. The van der Waals surface area contributed by atoms with Crippen molar-refractivity contribution in [1.29, 1.82) is 0 Å². The van der Waals surface area contributed by atoms with E-state index >= 15 is 0 Å². The molecule has 0 spiro atoms. The van der Waals surface area contributed by atoms with Crippen molar-refractivity contribution in [3.63, 3.8) is 0 Å². The van der Waals surface area contributed by atoms with Crippen LogP contribution in [-0.2, 0) is 25.5 Å². The van der Waals surface area contributed by atoms with E-state index in [2.05, 4.69) is 0 Å². The first kappa shape index (κ1) is 20.0. The minimum atomic E-state index is -5.76. The Hall–Kier alpha value is -1.74. The van der Waals surface area contributed by atoms with Gasteiger partial charge in [-0.2, -0.15) is 21.6 Å². The monoisotopic (exact) mass is 406 g/mol. The number of ether oxygens (including phenoxy) is 2. The predicted octanol–water partition coefficient (Wildman–Crippen LogP) is 4.04. The molecule has 0 bridgehead atoms. The molecule has 0 saturated carbocycles. The summed E-state index contributed by atoms with van der Waals surface area (Å²) in [5.41, 5.74) is -3.78. The van der Waals surface area contributed by atoms with Crippen molar-refractivity contribution in [3.8, 4) is 5.75 Å². The fourth-order valence-corrected chi connectivity index (χ4v) is 4.08. The maximum atomic E-state index is 13.0. The summed E-state index contributed by atoms with van der Waals surface area (Å²) in [6.07, 6.45) is 3.01. The van der Waals surface area contributed by atoms with Gasteiger partial charge in [-0.3, -0.25) is 0 Å². The van der Waals surface area contributed by atoms with Crippen molar-refractivity contribution in [2.24, 2.45) is 5.92 Å². The standard InChI is InChI=1S/C18H21F3O5S/c1-24-14-5-6-16-13(11-14)3-2-4-15(12-7-9-25-10-8-12)17(16)26-27(22,23)18(19,20)21/h5-6,11-12H,2-4,7-10H2,1H3. The van der Waals surface area contributed by atoms with E-state index < -0.39 is 15.6 Å². The van der Waals surface area contributed by atoms with Gasteiger partial charge in [0, 0.05) is 18.8 Å². The number of halogens is 3. The third-order valence-electron chi connectivity index (χ3n) is 4.93. The number of alkyl halides is 3. The molecule has 1 fully saturated rings. The Morgan fingerprint density at radius 1 is 1.15 bits per heavy atom. The Morgan fingerprint density at radius 2 is 1.85 bits per heavy atom. The predicted molar refractivity (Wildman–Crippen MR) is 92.5 cm³/mol. The summed E-state index contributed by atoms with van der Waals surface area (Å²) >= 11 is 0. The van der Waals surface area contributed by atoms with E-state index in [1.54, 1.807) is 18.2 Å². The quantitative estimate of drug-likeness (QED) is 0.558. The summed E-state index contributed by atoms with van der Waals surface area (Å²) in [5.74, 6) is 0.306. The molecule has 1 aromatic carbocycles. The summed E-state index contributed by atoms with van der Waals surface area (Å²) < 4.78 is 77.7. The van der Waals surface area contributed by atoms with Crippen molar-refractivity contribution >= 4 is 15.9 Å². The molecule has 3 rings (SSSR count). The summed E-state index contributed by atoms with van der Waals surface area (Å²) in [5, 5.41) is 0. The van der Waals surface area contributed by atoms with Crippen LogP contribution in [0.1, 0.15) is 36.8 Å². The minimum Gasteiger partial charge on any atom is -0.497 e. The maximum absolute atomic E-state index is 13.0. The number of aryl methyl sites for hydroxylation is 1. The van der Waals surface area contributed by atoms with Gasteiger partial charge in [0.1, 0.15) is 11.5 Å². The van der Waals surface area contributed by atoms with E-state index in [-0.39, 0.29) is 11.7 Å². The third kappa shape index (κ3) is 4.24. The van der Waals surface area contributed by atoms with Gasteiger partial charge >= 0.3 is 15.6 Å². The molecule has 0 radical (unpaired) electrons. The molecule has 0 amide bonds. The average Bonchev–Trinajstić information content (AvgIpc) is 2.80. The van der Waals surface area contributed by atoms with Gasteiger partial charge in [-0.15, -0.1) is 0 Å². The van der Waals surface area contributed by atoms with Crippen LogP contribution >= 0.6 is 0 Å². The molecule has 1 aromatic rings. The molecular weight excluding hydrogens is 385 g/mol. The van der Waals surface area contributed by atoms with Crippen molar-refractivity contribution in [1.82, 2.24) is 0 Å². The highest BCUT2D eigenvalue weighted by molar-refractivity contribution is 7.87. The van der Waals surface area contributed by atoms with Gasteiger partial charge < -0.3 is 13.7 Å². The lowest BCUT2D eigenvalue weighted by molar-refractivity contribution is -0.0510. The lowest BCUT2D eigenvalue weighted by Crippen LogP contribution is -2.26. The fourth-order valence-electron chi connectivity index (χ4n) is 3.57. The van der Waals surface area contributed by atoms with Gasteiger partial charge in [0.25, 0.3) is 0 Å². The van der Waals surface area contributed by atoms with Gasteiger partial charge in [-0.25, -0.2) is 0 Å². The molecule has 2 aliphatic rings. The van der Waals surface area contributed by atoms with Crippen molar-refractivity contribution < 1.29 is 35.2 Å². The summed E-state index contributed by atoms with van der Waals surface area (Å²) in [4.78, 5) is 0. The van der Waals surface area contributed by atoms with E-state index in [9.17, 15) is 21.6 Å². The van der Waals surface area contributed by atoms with Gasteiger partial charge in [0.2, 0.25) is 0 Å². The largest absolute Gasteiger partial charge is 0.534 e. The fraction of sp³-hybridized carbons (Fsp3) is 0.556. The number of hydrogen-bond donors (Lipinski definition) is 0. The van der Waals surface area contributed by atoms with E-state index in [1.807, 2.05) is 0 Å². The van der Waals surface area contributed by atoms with Crippen LogP contribution in [0, 0.1) is 5.92 Å². The minimum absolute atomic E-state index is 0.0646. The normalized spacial score (nSPS) is 19.4. The molecule has 0 aromatic heterocycles. The molecule has 1 aliphatic carbocycles. The Bertz CT molecular complexity index is 824. The van der Waals surface area contributed by atoms with Gasteiger partial charge in [-0.05, 0) is 67.4 Å². The topological polar surface area (TPSA) is 61.8 Å². The zero-order valence-corrected chi connectivity index (χ0v) is 15.7. The third-order valence-corrected chi connectivity index (χ3v) is 5.88. The molecule has 0 atom stereocenters. The molecule has 150 valence electrons. The number of benzene rings is 1. The van der Waals surface area contributed by atoms with Crippen LogP contribution in [0.2, 0.25) is 0 Å². The molecule has 0 unspecified atom stereocenters. The summed E-state index contributed by atoms with van der Waals surface area (Å²) in [6, 6.07) is 4.88. The Labute approximate surface area is 156 Å². The van der Waals surface area contributed by atoms with E-state index in [0.717, 1.165) is 0 Å². The van der Waals surface area contributed by atoms with Crippen LogP contribution in [0.3, 0.4) is 0 Å². The lowest BCUT2D eigenvalue weighted by atomic mass is 9.87. The van der Waals surface area contributed by atoms with Crippen LogP contribution < -0.4 is 4.74 Å². The summed E-state index contributed by atoms with van der Waals surface area (Å²) in [7, 11) is -4.27. The highest BCUT2D eigenvalue weighted by atomic mass is 32.2. The second-order valence-electron chi connectivity index (χ2n) is 6.60. The molecule has 1 heterocycles. The first-order valence-electron chi connectivity index (χ1n) is 8.72. The van der Waals surface area contributed by atoms with E-state index in [4.69, 9.17) is 13.7 Å². The van der Waals surface area contributed by atoms with Crippen LogP contribution in [0.25, 0.3) is 5.76 Å². The SMILES string of the molecule is COc1ccc2c(c1)CCCC(C1CCOCC1)=C2OS(=O)(=O)C(F)(F)F. The smallest absolute Gasteiger partial charge is 0.497 e. The zero-order chi connectivity index (χ0) is 19.7. The van der Waals surface area contributed by atoms with Crippen molar-refractivity contribution in [3.05, 3.63) is 34.9 Å². The number of hydrogen-bond acceptors (Lipinski definition) is 5. The van der Waals surface area contributed by atoms with Crippen LogP contribution in [0.4, 0.5) is 13.2 Å². The second kappa shape index (κ2) is 7.71. The van der Waals surface area contributed by atoms with Gasteiger partial charge in [0.15, 0.2) is 0 Å². The van der Waals surface area contributed by atoms with Crippen molar-refractivity contribution in [2.45, 2.75) is 37.6 Å². The summed E-state index contributed by atoms with van der Waals surface area (Å²) in [6.45, 7) is 0.978. The molecule has 9 heteroatoms. The maximum Gasteiger partial charge on any atom is 0.534 e. The zero-order valence-electron chi connectivity index (χ0n) is 14.8. The molecule has 1 saturated heterocycles. The highest BCUT2D eigenvalue weighted by Gasteiger charge is 2.49. The molecular formula is C18H21F3O5S. The number of rotatable bonds is 4. The second-order valence-corrected chi connectivity index (χ2v) is 8.14. The van der Waals surface area contributed by atoms with Crippen LogP contribution in [0.5, 0.6) is 5.75 Å². The Balaban J connectivity index is 2.13. The van der Waals surface area contributed by atoms with Crippen LogP contribution in [-0.4, -0.2) is 34.2 Å². The molecule has 27 heavy (non-hydrogen) atoms. The lowest BCUT2D eigenvalue weighted by Gasteiger charge is -2.26. The Morgan fingerprint density at radius 3 is 2.48 bits per heavy atom. The highest BCUT2D eigenvalue weighted by Crippen LogP contribution is 2.41. The van der Waals surface area contributed by atoms with E-state index in [0.29, 0.717) is 67.8 Å². The number of allylic oxidation sites excluding steroid dienone is 1. The number of fused-ring (bicyclic) bond motifs is 1. The number of methoxy groups -OCH3 is 1. The molecule has 1 aliphatic heterocycles. The molecule has 5 nitrogen and oxygen atoms in total. The first-order valence-corrected chi connectivity index (χ1v) is 10.1. The van der Waals surface area contributed by atoms with Crippen LogP contribution in [0.15, 0.2) is 23.8 Å². The first-order chi connectivity index (χ1) is 12.7.